The molecule has 0 heterocycles. The molecule has 0 fully saturated rings. The quantitative estimate of drug-likeness (QED) is 0.399. The molecule has 3 aromatic carbocycles. The van der Waals surface area contributed by atoms with Crippen LogP contribution in [-0.4, -0.2) is 0 Å². The van der Waals surface area contributed by atoms with E-state index >= 15 is 0 Å². The van der Waals surface area contributed by atoms with Crippen LogP contribution in [0.2, 0.25) is 0 Å². The van der Waals surface area contributed by atoms with E-state index in [1.54, 1.807) is 0 Å². The zero-order valence-electron chi connectivity index (χ0n) is 13.6. The molecule has 3 rings (SSSR count). The molecule has 20 heavy (non-hydrogen) atoms. The van der Waals surface area contributed by atoms with Crippen molar-refractivity contribution in [2.24, 2.45) is 0 Å². The van der Waals surface area contributed by atoms with Gasteiger partial charge in [-0.25, -0.2) is 0 Å². The van der Waals surface area contributed by atoms with Crippen molar-refractivity contribution in [1.29, 1.82) is 0 Å². The second-order valence-electron chi connectivity index (χ2n) is 4.34. The Hall–Kier alpha value is -1.82. The molecule has 0 atom stereocenters. The number of hydrogen-bond donors (Lipinski definition) is 0. The first-order chi connectivity index (χ1) is 9.79. The van der Waals surface area contributed by atoms with Crippen molar-refractivity contribution in [3.63, 3.8) is 0 Å². The van der Waals surface area contributed by atoms with Crippen LogP contribution in [0.4, 0.5) is 0 Å². The maximum atomic E-state index is 2.21. The Balaban J connectivity index is 0.000000461. The molecule has 0 aliphatic carbocycles. The summed E-state index contributed by atoms with van der Waals surface area (Å²) >= 11 is 0. The van der Waals surface area contributed by atoms with E-state index < -0.39 is 0 Å². The molecule has 0 spiro atoms. The van der Waals surface area contributed by atoms with Gasteiger partial charge in [0.2, 0.25) is 0 Å². The van der Waals surface area contributed by atoms with Crippen LogP contribution in [0.15, 0.2) is 48.5 Å². The van der Waals surface area contributed by atoms with Gasteiger partial charge in [-0.1, -0.05) is 76.2 Å². The molecule has 0 radical (unpaired) electrons. The smallest absolute Gasteiger partial charge is 0.0103 e. The highest BCUT2D eigenvalue weighted by Gasteiger charge is 2.06. The molecule has 3 aromatic rings. The van der Waals surface area contributed by atoms with Gasteiger partial charge >= 0.3 is 0 Å². The normalized spacial score (nSPS) is 9.50. The highest BCUT2D eigenvalue weighted by molar-refractivity contribution is 6.10. The van der Waals surface area contributed by atoms with Gasteiger partial charge in [0.15, 0.2) is 0 Å². The van der Waals surface area contributed by atoms with Crippen LogP contribution in [0, 0.1) is 13.8 Å². The van der Waals surface area contributed by atoms with Crippen molar-refractivity contribution in [3.05, 3.63) is 59.7 Å². The van der Waals surface area contributed by atoms with Crippen LogP contribution in [-0.2, 0) is 0 Å². The Morgan fingerprint density at radius 1 is 0.450 bits per heavy atom. The minimum absolute atomic E-state index is 1.36. The fraction of sp³-hybridized carbons (Fsp3) is 0.300. The molecule has 0 bridgehead atoms. The van der Waals surface area contributed by atoms with Gasteiger partial charge in [0.05, 0.1) is 0 Å². The molecule has 0 N–H and O–H groups in total. The maximum absolute atomic E-state index is 2.21. The Morgan fingerprint density at radius 3 is 1.00 bits per heavy atom. The average Bonchev–Trinajstić information content (AvgIpc) is 2.56. The van der Waals surface area contributed by atoms with Gasteiger partial charge in [0.25, 0.3) is 0 Å². The predicted molar refractivity (Wildman–Crippen MR) is 93.6 cm³/mol. The molecule has 0 unspecified atom stereocenters. The first-order valence-corrected chi connectivity index (χ1v) is 7.65. The lowest BCUT2D eigenvalue weighted by atomic mass is 9.93. The Morgan fingerprint density at radius 2 is 0.700 bits per heavy atom. The molecule has 0 aliphatic heterocycles. The van der Waals surface area contributed by atoms with E-state index in [4.69, 9.17) is 0 Å². The van der Waals surface area contributed by atoms with Crippen molar-refractivity contribution in [2.75, 3.05) is 0 Å². The first kappa shape index (κ1) is 16.2. The fourth-order valence-electron chi connectivity index (χ4n) is 2.49. The molecular formula is C20H26. The lowest BCUT2D eigenvalue weighted by molar-refractivity contribution is 1.41. The predicted octanol–water partition coefficient (Wildman–Crippen LogP) is 6.66. The highest BCUT2D eigenvalue weighted by Crippen LogP contribution is 2.31. The third kappa shape index (κ3) is 2.85. The number of fused-ring (bicyclic) bond motifs is 3. The summed E-state index contributed by atoms with van der Waals surface area (Å²) in [6.07, 6.45) is 0. The van der Waals surface area contributed by atoms with E-state index in [2.05, 4.69) is 62.4 Å². The molecule has 106 valence electrons. The van der Waals surface area contributed by atoms with Crippen LogP contribution in [0.5, 0.6) is 0 Å². The van der Waals surface area contributed by atoms with E-state index in [0.717, 1.165) is 0 Å². The molecule has 0 amide bonds. The largest absolute Gasteiger partial charge is 0.0683 e. The number of aryl methyl sites for hydroxylation is 2. The highest BCUT2D eigenvalue weighted by atomic mass is 14.1. The van der Waals surface area contributed by atoms with Gasteiger partial charge < -0.3 is 0 Å². The van der Waals surface area contributed by atoms with E-state index in [9.17, 15) is 0 Å². The first-order valence-electron chi connectivity index (χ1n) is 7.65. The second-order valence-corrected chi connectivity index (χ2v) is 4.34. The van der Waals surface area contributed by atoms with Crippen molar-refractivity contribution in [3.8, 4) is 0 Å². The number of hydrogen-bond acceptors (Lipinski definition) is 0. The van der Waals surface area contributed by atoms with E-state index in [1.807, 2.05) is 27.7 Å². The van der Waals surface area contributed by atoms with Crippen LogP contribution in [0.25, 0.3) is 21.5 Å². The lowest BCUT2D eigenvalue weighted by Crippen LogP contribution is -1.87. The van der Waals surface area contributed by atoms with Gasteiger partial charge in [-0.2, -0.15) is 0 Å². The topological polar surface area (TPSA) is 0 Å². The van der Waals surface area contributed by atoms with Crippen LogP contribution in [0.1, 0.15) is 38.8 Å². The number of benzene rings is 3. The van der Waals surface area contributed by atoms with Crippen molar-refractivity contribution in [2.45, 2.75) is 41.5 Å². The summed E-state index contributed by atoms with van der Waals surface area (Å²) in [6, 6.07) is 17.3. The summed E-state index contributed by atoms with van der Waals surface area (Å²) in [4.78, 5) is 0. The van der Waals surface area contributed by atoms with Gasteiger partial charge in [-0.15, -0.1) is 0 Å². The summed E-state index contributed by atoms with van der Waals surface area (Å²) in [5.41, 5.74) is 2.80. The molecule has 0 aromatic heterocycles. The zero-order chi connectivity index (χ0) is 15.1. The zero-order valence-corrected chi connectivity index (χ0v) is 13.6. The summed E-state index contributed by atoms with van der Waals surface area (Å²) < 4.78 is 0. The maximum Gasteiger partial charge on any atom is -0.0103 e. The van der Waals surface area contributed by atoms with Gasteiger partial charge in [-0.3, -0.25) is 0 Å². The van der Waals surface area contributed by atoms with Crippen LogP contribution < -0.4 is 0 Å². The minimum atomic E-state index is 1.36. The SMILES string of the molecule is CC.CC.Cc1c(C)c2ccccc2c2ccccc12. The van der Waals surface area contributed by atoms with Crippen molar-refractivity contribution in [1.82, 2.24) is 0 Å². The standard InChI is InChI=1S/C16H14.2C2H6/c1-11-12(2)14-8-4-6-10-16(14)15-9-5-3-7-13(11)15;2*1-2/h3-10H,1-2H3;2*1-2H3. The summed E-state index contributed by atoms with van der Waals surface area (Å²) in [5, 5.41) is 5.47. The second kappa shape index (κ2) is 7.69. The fourth-order valence-corrected chi connectivity index (χ4v) is 2.49. The molecule has 0 aliphatic rings. The lowest BCUT2D eigenvalue weighted by Gasteiger charge is -2.11. The molecule has 0 saturated carbocycles. The van der Waals surface area contributed by atoms with E-state index in [-0.39, 0.29) is 0 Å². The minimum Gasteiger partial charge on any atom is -0.0683 e. The summed E-state index contributed by atoms with van der Waals surface area (Å²) in [7, 11) is 0. The average molecular weight is 266 g/mol. The summed E-state index contributed by atoms with van der Waals surface area (Å²) in [5.74, 6) is 0. The monoisotopic (exact) mass is 266 g/mol. The Kier molecular flexibility index (Phi) is 6.24. The molecular weight excluding hydrogens is 240 g/mol. The molecule has 0 nitrogen and oxygen atoms in total. The van der Waals surface area contributed by atoms with Crippen molar-refractivity contribution < 1.29 is 0 Å². The van der Waals surface area contributed by atoms with E-state index in [1.165, 1.54) is 32.7 Å². The van der Waals surface area contributed by atoms with E-state index in [0.29, 0.717) is 0 Å². The van der Waals surface area contributed by atoms with Gasteiger partial charge in [0.1, 0.15) is 0 Å². The van der Waals surface area contributed by atoms with Crippen molar-refractivity contribution >= 4 is 21.5 Å². The Labute approximate surface area is 123 Å². The Bertz CT molecular complexity index is 617. The third-order valence-electron chi connectivity index (χ3n) is 3.51. The number of rotatable bonds is 0. The van der Waals surface area contributed by atoms with Gasteiger partial charge in [-0.05, 0) is 46.5 Å². The molecule has 0 saturated heterocycles. The van der Waals surface area contributed by atoms with Gasteiger partial charge in [0, 0.05) is 0 Å². The third-order valence-corrected chi connectivity index (χ3v) is 3.51. The van der Waals surface area contributed by atoms with Crippen LogP contribution >= 0.6 is 0 Å². The summed E-state index contributed by atoms with van der Waals surface area (Å²) in [6.45, 7) is 12.4. The van der Waals surface area contributed by atoms with Crippen LogP contribution in [0.3, 0.4) is 0 Å². The molecule has 0 heteroatoms.